The number of nitrogens with one attached hydrogen (secondary N) is 1. The van der Waals surface area contributed by atoms with E-state index in [0.29, 0.717) is 6.54 Å². The van der Waals surface area contributed by atoms with Crippen LogP contribution in [0, 0.1) is 6.92 Å². The summed E-state index contributed by atoms with van der Waals surface area (Å²) in [6.45, 7) is 2.42. The molecule has 0 aliphatic rings. The third kappa shape index (κ3) is 1.65. The Labute approximate surface area is 82.2 Å². The molecule has 4 heteroatoms. The summed E-state index contributed by atoms with van der Waals surface area (Å²) in [4.78, 5) is 4.25. The van der Waals surface area contributed by atoms with Crippen molar-refractivity contribution in [1.82, 2.24) is 15.2 Å². The number of H-pyrrole nitrogens is 1. The van der Waals surface area contributed by atoms with E-state index in [1.807, 2.05) is 31.2 Å². The van der Waals surface area contributed by atoms with E-state index in [2.05, 4.69) is 15.2 Å². The number of aromatic nitrogens is 3. The molecule has 0 saturated carbocycles. The molecule has 1 aromatic carbocycles. The predicted molar refractivity (Wildman–Crippen MR) is 54.4 cm³/mol. The van der Waals surface area contributed by atoms with Gasteiger partial charge < -0.3 is 5.73 Å². The lowest BCUT2D eigenvalue weighted by molar-refractivity contribution is 1.04. The van der Waals surface area contributed by atoms with Crippen LogP contribution in [0.3, 0.4) is 0 Å². The van der Waals surface area contributed by atoms with E-state index in [0.717, 1.165) is 22.8 Å². The van der Waals surface area contributed by atoms with Gasteiger partial charge in [-0.05, 0) is 18.6 Å². The van der Waals surface area contributed by atoms with Crippen molar-refractivity contribution in [1.29, 1.82) is 0 Å². The molecule has 4 nitrogen and oxygen atoms in total. The fourth-order valence-corrected chi connectivity index (χ4v) is 1.31. The van der Waals surface area contributed by atoms with Gasteiger partial charge in [0.05, 0.1) is 0 Å². The molecule has 0 aliphatic carbocycles. The molecule has 0 aliphatic heterocycles. The lowest BCUT2D eigenvalue weighted by atomic mass is 10.1. The molecular weight excluding hydrogens is 176 g/mol. The highest BCUT2D eigenvalue weighted by Gasteiger charge is 2.03. The highest BCUT2D eigenvalue weighted by molar-refractivity contribution is 5.55. The molecule has 0 fully saturated rings. The van der Waals surface area contributed by atoms with Gasteiger partial charge in [-0.2, -0.15) is 5.10 Å². The molecule has 1 heterocycles. The summed E-state index contributed by atoms with van der Waals surface area (Å²) in [6, 6.07) is 7.93. The minimum Gasteiger partial charge on any atom is -0.326 e. The van der Waals surface area contributed by atoms with E-state index < -0.39 is 0 Å². The zero-order valence-electron chi connectivity index (χ0n) is 7.99. The molecule has 0 amide bonds. The zero-order chi connectivity index (χ0) is 9.97. The van der Waals surface area contributed by atoms with Crippen LogP contribution in [-0.4, -0.2) is 15.2 Å². The summed E-state index contributed by atoms with van der Waals surface area (Å²) >= 11 is 0. The first kappa shape index (κ1) is 8.90. The monoisotopic (exact) mass is 188 g/mol. The zero-order valence-corrected chi connectivity index (χ0v) is 7.99. The van der Waals surface area contributed by atoms with E-state index in [4.69, 9.17) is 5.73 Å². The second-order valence-electron chi connectivity index (χ2n) is 3.15. The second kappa shape index (κ2) is 3.59. The maximum atomic E-state index is 5.55. The quantitative estimate of drug-likeness (QED) is 0.745. The van der Waals surface area contributed by atoms with Crippen molar-refractivity contribution in [3.8, 4) is 11.4 Å². The fraction of sp³-hybridized carbons (Fsp3) is 0.200. The van der Waals surface area contributed by atoms with Crippen molar-refractivity contribution in [2.45, 2.75) is 13.5 Å². The van der Waals surface area contributed by atoms with Crippen molar-refractivity contribution in [3.63, 3.8) is 0 Å². The summed E-state index contributed by atoms with van der Waals surface area (Å²) in [5, 5.41) is 6.90. The van der Waals surface area contributed by atoms with Gasteiger partial charge in [0.1, 0.15) is 5.82 Å². The summed E-state index contributed by atoms with van der Waals surface area (Å²) in [7, 11) is 0. The standard InChI is InChI=1S/C10H12N4/c1-7-12-10(14-13-7)9-4-2-3-8(5-9)6-11/h2-5H,6,11H2,1H3,(H,12,13,14). The van der Waals surface area contributed by atoms with Crippen LogP contribution in [0.4, 0.5) is 0 Å². The first-order valence-corrected chi connectivity index (χ1v) is 4.48. The van der Waals surface area contributed by atoms with Gasteiger partial charge in [-0.1, -0.05) is 18.2 Å². The van der Waals surface area contributed by atoms with Gasteiger partial charge >= 0.3 is 0 Å². The number of nitrogens with zero attached hydrogens (tertiary/aromatic N) is 2. The average Bonchev–Trinajstić information content (AvgIpc) is 2.65. The molecule has 3 N–H and O–H groups in total. The Morgan fingerprint density at radius 1 is 1.43 bits per heavy atom. The Morgan fingerprint density at radius 3 is 2.93 bits per heavy atom. The smallest absolute Gasteiger partial charge is 0.181 e. The van der Waals surface area contributed by atoms with Crippen molar-refractivity contribution in [2.24, 2.45) is 5.73 Å². The molecule has 0 spiro atoms. The third-order valence-electron chi connectivity index (χ3n) is 2.02. The van der Waals surface area contributed by atoms with Gasteiger partial charge in [0, 0.05) is 12.1 Å². The number of hydrogen-bond donors (Lipinski definition) is 2. The summed E-state index contributed by atoms with van der Waals surface area (Å²) in [5.74, 6) is 1.54. The van der Waals surface area contributed by atoms with Gasteiger partial charge in [0.2, 0.25) is 0 Å². The van der Waals surface area contributed by atoms with Crippen molar-refractivity contribution >= 4 is 0 Å². The molecule has 0 radical (unpaired) electrons. The Hall–Kier alpha value is -1.68. The van der Waals surface area contributed by atoms with Gasteiger partial charge in [-0.25, -0.2) is 4.98 Å². The first-order valence-electron chi connectivity index (χ1n) is 4.48. The molecule has 1 aromatic heterocycles. The van der Waals surface area contributed by atoms with E-state index in [-0.39, 0.29) is 0 Å². The van der Waals surface area contributed by atoms with Crippen LogP contribution >= 0.6 is 0 Å². The molecule has 72 valence electrons. The van der Waals surface area contributed by atoms with Crippen LogP contribution in [0.25, 0.3) is 11.4 Å². The van der Waals surface area contributed by atoms with Gasteiger partial charge in [-0.15, -0.1) is 0 Å². The summed E-state index contributed by atoms with van der Waals surface area (Å²) in [6.07, 6.45) is 0. The van der Waals surface area contributed by atoms with Crippen LogP contribution in [-0.2, 0) is 6.54 Å². The SMILES string of the molecule is Cc1nc(-c2cccc(CN)c2)n[nH]1. The minimum absolute atomic E-state index is 0.539. The number of nitrogens with two attached hydrogens (primary N) is 1. The Kier molecular flexibility index (Phi) is 2.28. The van der Waals surface area contributed by atoms with Crippen LogP contribution in [0.15, 0.2) is 24.3 Å². The summed E-state index contributed by atoms with van der Waals surface area (Å²) in [5.41, 5.74) is 7.64. The largest absolute Gasteiger partial charge is 0.326 e. The highest BCUT2D eigenvalue weighted by Crippen LogP contribution is 2.15. The lowest BCUT2D eigenvalue weighted by Gasteiger charge is -1.98. The van der Waals surface area contributed by atoms with E-state index >= 15 is 0 Å². The molecule has 0 bridgehead atoms. The molecule has 0 saturated heterocycles. The van der Waals surface area contributed by atoms with Crippen molar-refractivity contribution in [3.05, 3.63) is 35.7 Å². The lowest BCUT2D eigenvalue weighted by Crippen LogP contribution is -1.96. The second-order valence-corrected chi connectivity index (χ2v) is 3.15. The number of aromatic amines is 1. The molecule has 2 aromatic rings. The number of rotatable bonds is 2. The van der Waals surface area contributed by atoms with Crippen LogP contribution in [0.2, 0.25) is 0 Å². The van der Waals surface area contributed by atoms with E-state index in [1.54, 1.807) is 0 Å². The van der Waals surface area contributed by atoms with Crippen LogP contribution in [0.1, 0.15) is 11.4 Å². The topological polar surface area (TPSA) is 67.6 Å². The van der Waals surface area contributed by atoms with Gasteiger partial charge in [0.25, 0.3) is 0 Å². The summed E-state index contributed by atoms with van der Waals surface area (Å²) < 4.78 is 0. The maximum Gasteiger partial charge on any atom is 0.181 e. The number of aryl methyl sites for hydroxylation is 1. The molecule has 0 unspecified atom stereocenters. The molecular formula is C10H12N4. The maximum absolute atomic E-state index is 5.55. The van der Waals surface area contributed by atoms with Gasteiger partial charge in [0.15, 0.2) is 5.82 Å². The normalized spacial score (nSPS) is 10.4. The molecule has 0 atom stereocenters. The highest BCUT2D eigenvalue weighted by atomic mass is 15.2. The number of benzene rings is 1. The Morgan fingerprint density at radius 2 is 2.29 bits per heavy atom. The van der Waals surface area contributed by atoms with E-state index in [9.17, 15) is 0 Å². The van der Waals surface area contributed by atoms with Crippen LogP contribution in [0.5, 0.6) is 0 Å². The first-order chi connectivity index (χ1) is 6.79. The molecule has 14 heavy (non-hydrogen) atoms. The number of hydrogen-bond acceptors (Lipinski definition) is 3. The van der Waals surface area contributed by atoms with Crippen molar-refractivity contribution < 1.29 is 0 Å². The Balaban J connectivity index is 2.41. The predicted octanol–water partition coefficient (Wildman–Crippen LogP) is 1.24. The van der Waals surface area contributed by atoms with Gasteiger partial charge in [-0.3, -0.25) is 5.10 Å². The molecule has 2 rings (SSSR count). The minimum atomic E-state index is 0.539. The average molecular weight is 188 g/mol. The van der Waals surface area contributed by atoms with E-state index in [1.165, 1.54) is 0 Å². The fourth-order valence-electron chi connectivity index (χ4n) is 1.31. The Bertz CT molecular complexity index is 433. The third-order valence-corrected chi connectivity index (χ3v) is 2.02. The van der Waals surface area contributed by atoms with Crippen molar-refractivity contribution in [2.75, 3.05) is 0 Å². The van der Waals surface area contributed by atoms with Crippen LogP contribution < -0.4 is 5.73 Å².